The van der Waals surface area contributed by atoms with Crippen LogP contribution in [0.25, 0.3) is 0 Å². The van der Waals surface area contributed by atoms with Gasteiger partial charge in [-0.25, -0.2) is 0 Å². The highest BCUT2D eigenvalue weighted by Gasteiger charge is 2.28. The number of hydrogen-bond donors (Lipinski definition) is 2. The minimum absolute atomic E-state index is 0.0200. The molecule has 3 rings (SSSR count). The Morgan fingerprint density at radius 1 is 1.37 bits per heavy atom. The van der Waals surface area contributed by atoms with Crippen LogP contribution in [-0.2, 0) is 16.0 Å². The number of fused-ring (bicyclic) bond motifs is 1. The SMILES string of the molecule is Nc1ccc2c(c1)CCC2NC(=O)C1CCCOC1. The Morgan fingerprint density at radius 3 is 3.05 bits per heavy atom. The summed E-state index contributed by atoms with van der Waals surface area (Å²) in [5, 5.41) is 3.16. The second kappa shape index (κ2) is 5.21. The number of nitrogens with one attached hydrogen (secondary N) is 1. The first-order valence-electron chi connectivity index (χ1n) is 7.00. The van der Waals surface area contributed by atoms with Crippen LogP contribution in [0.2, 0.25) is 0 Å². The third kappa shape index (κ3) is 2.59. The molecule has 0 spiro atoms. The van der Waals surface area contributed by atoms with Crippen molar-refractivity contribution in [2.75, 3.05) is 18.9 Å². The minimum atomic E-state index is 0.0200. The summed E-state index contributed by atoms with van der Waals surface area (Å²) in [6.07, 6.45) is 3.88. The summed E-state index contributed by atoms with van der Waals surface area (Å²) in [5.74, 6) is 0.154. The van der Waals surface area contributed by atoms with Crippen LogP contribution < -0.4 is 11.1 Å². The standard InChI is InChI=1S/C15H20N2O2/c16-12-4-5-13-10(8-12)3-6-14(13)17-15(18)11-2-1-7-19-9-11/h4-5,8,11,14H,1-3,6-7,9,16H2,(H,17,18). The fourth-order valence-electron chi connectivity index (χ4n) is 3.02. The average molecular weight is 260 g/mol. The fourth-order valence-corrected chi connectivity index (χ4v) is 3.02. The normalized spacial score (nSPS) is 25.9. The number of anilines is 1. The number of carbonyl (C=O) groups is 1. The summed E-state index contributed by atoms with van der Waals surface area (Å²) in [7, 11) is 0. The number of amides is 1. The number of aryl methyl sites for hydroxylation is 1. The van der Waals surface area contributed by atoms with Crippen molar-refractivity contribution in [3.63, 3.8) is 0 Å². The molecule has 0 bridgehead atoms. The zero-order valence-electron chi connectivity index (χ0n) is 11.0. The molecule has 1 aromatic carbocycles. The van der Waals surface area contributed by atoms with Crippen molar-refractivity contribution in [3.8, 4) is 0 Å². The van der Waals surface area contributed by atoms with E-state index in [0.717, 1.165) is 38.0 Å². The van der Waals surface area contributed by atoms with E-state index in [9.17, 15) is 4.79 Å². The molecule has 19 heavy (non-hydrogen) atoms. The molecule has 1 aromatic rings. The number of carbonyl (C=O) groups excluding carboxylic acids is 1. The molecule has 2 atom stereocenters. The van der Waals surface area contributed by atoms with E-state index in [1.165, 1.54) is 11.1 Å². The molecule has 2 unspecified atom stereocenters. The quantitative estimate of drug-likeness (QED) is 0.797. The van der Waals surface area contributed by atoms with Gasteiger partial charge in [-0.1, -0.05) is 6.07 Å². The van der Waals surface area contributed by atoms with Gasteiger partial charge in [-0.05, 0) is 48.9 Å². The van der Waals surface area contributed by atoms with Crippen LogP contribution in [0.1, 0.15) is 36.4 Å². The molecular formula is C15H20N2O2. The van der Waals surface area contributed by atoms with Crippen LogP contribution in [0.15, 0.2) is 18.2 Å². The van der Waals surface area contributed by atoms with Crippen molar-refractivity contribution in [2.24, 2.45) is 5.92 Å². The Labute approximate surface area is 113 Å². The number of hydrogen-bond acceptors (Lipinski definition) is 3. The lowest BCUT2D eigenvalue weighted by molar-refractivity contribution is -0.129. The summed E-state index contributed by atoms with van der Waals surface area (Å²) in [6.45, 7) is 1.35. The summed E-state index contributed by atoms with van der Waals surface area (Å²) >= 11 is 0. The maximum atomic E-state index is 12.2. The van der Waals surface area contributed by atoms with E-state index in [2.05, 4.69) is 5.32 Å². The third-order valence-corrected chi connectivity index (χ3v) is 4.09. The molecule has 1 aliphatic heterocycles. The third-order valence-electron chi connectivity index (χ3n) is 4.09. The van der Waals surface area contributed by atoms with E-state index in [1.54, 1.807) is 0 Å². The molecule has 0 saturated carbocycles. The van der Waals surface area contributed by atoms with E-state index < -0.39 is 0 Å². The number of nitrogens with two attached hydrogens (primary N) is 1. The average Bonchev–Trinajstić information content (AvgIpc) is 2.82. The summed E-state index contributed by atoms with van der Waals surface area (Å²) in [5.41, 5.74) is 9.08. The lowest BCUT2D eigenvalue weighted by atomic mass is 10.00. The van der Waals surface area contributed by atoms with Gasteiger partial charge in [0.1, 0.15) is 0 Å². The Hall–Kier alpha value is -1.55. The number of nitrogen functional groups attached to an aromatic ring is 1. The van der Waals surface area contributed by atoms with Crippen LogP contribution in [0.5, 0.6) is 0 Å². The van der Waals surface area contributed by atoms with E-state index in [1.807, 2.05) is 18.2 Å². The molecule has 102 valence electrons. The first-order chi connectivity index (χ1) is 9.24. The lowest BCUT2D eigenvalue weighted by Gasteiger charge is -2.23. The van der Waals surface area contributed by atoms with Crippen LogP contribution >= 0.6 is 0 Å². The molecule has 1 saturated heterocycles. The van der Waals surface area contributed by atoms with Crippen molar-refractivity contribution in [1.82, 2.24) is 5.32 Å². The fraction of sp³-hybridized carbons (Fsp3) is 0.533. The van der Waals surface area contributed by atoms with Crippen LogP contribution in [0.3, 0.4) is 0 Å². The summed E-state index contributed by atoms with van der Waals surface area (Å²) in [6, 6.07) is 6.11. The molecule has 1 aliphatic carbocycles. The van der Waals surface area contributed by atoms with Gasteiger partial charge in [0.05, 0.1) is 18.6 Å². The van der Waals surface area contributed by atoms with Crippen molar-refractivity contribution in [2.45, 2.75) is 31.7 Å². The van der Waals surface area contributed by atoms with Gasteiger partial charge in [0.15, 0.2) is 0 Å². The molecular weight excluding hydrogens is 240 g/mol. The molecule has 1 fully saturated rings. The second-order valence-corrected chi connectivity index (χ2v) is 5.47. The van der Waals surface area contributed by atoms with Gasteiger partial charge in [-0.2, -0.15) is 0 Å². The Bertz CT molecular complexity index is 481. The second-order valence-electron chi connectivity index (χ2n) is 5.47. The number of rotatable bonds is 2. The highest BCUT2D eigenvalue weighted by atomic mass is 16.5. The first kappa shape index (κ1) is 12.5. The van der Waals surface area contributed by atoms with Crippen molar-refractivity contribution < 1.29 is 9.53 Å². The molecule has 2 aliphatic rings. The van der Waals surface area contributed by atoms with Gasteiger partial charge in [-0.3, -0.25) is 4.79 Å². The molecule has 0 aromatic heterocycles. The van der Waals surface area contributed by atoms with Crippen LogP contribution in [-0.4, -0.2) is 19.1 Å². The predicted molar refractivity (Wildman–Crippen MR) is 73.6 cm³/mol. The summed E-state index contributed by atoms with van der Waals surface area (Å²) < 4.78 is 5.38. The van der Waals surface area contributed by atoms with Gasteiger partial charge >= 0.3 is 0 Å². The van der Waals surface area contributed by atoms with Gasteiger partial charge in [0, 0.05) is 12.3 Å². The molecule has 0 radical (unpaired) electrons. The van der Waals surface area contributed by atoms with Gasteiger partial charge < -0.3 is 15.8 Å². The van der Waals surface area contributed by atoms with Crippen LogP contribution in [0.4, 0.5) is 5.69 Å². The molecule has 4 nitrogen and oxygen atoms in total. The van der Waals surface area contributed by atoms with E-state index in [4.69, 9.17) is 10.5 Å². The topological polar surface area (TPSA) is 64.3 Å². The van der Waals surface area contributed by atoms with Crippen molar-refractivity contribution in [3.05, 3.63) is 29.3 Å². The number of benzene rings is 1. The number of ether oxygens (including phenoxy) is 1. The van der Waals surface area contributed by atoms with Gasteiger partial charge in [0.2, 0.25) is 5.91 Å². The van der Waals surface area contributed by atoms with E-state index in [-0.39, 0.29) is 17.9 Å². The van der Waals surface area contributed by atoms with E-state index in [0.29, 0.717) is 6.61 Å². The highest BCUT2D eigenvalue weighted by Crippen LogP contribution is 2.32. The smallest absolute Gasteiger partial charge is 0.225 e. The van der Waals surface area contributed by atoms with Crippen molar-refractivity contribution in [1.29, 1.82) is 0 Å². The highest BCUT2D eigenvalue weighted by molar-refractivity contribution is 5.79. The molecule has 1 amide bonds. The Balaban J connectivity index is 1.67. The Morgan fingerprint density at radius 2 is 2.26 bits per heavy atom. The first-order valence-corrected chi connectivity index (χ1v) is 7.00. The molecule has 3 N–H and O–H groups in total. The van der Waals surface area contributed by atoms with Crippen molar-refractivity contribution >= 4 is 11.6 Å². The largest absolute Gasteiger partial charge is 0.399 e. The Kier molecular flexibility index (Phi) is 3.42. The zero-order chi connectivity index (χ0) is 13.2. The van der Waals surface area contributed by atoms with Gasteiger partial charge in [-0.15, -0.1) is 0 Å². The molecule has 1 heterocycles. The predicted octanol–water partition coefficient (Wildman–Crippen LogP) is 1.80. The lowest BCUT2D eigenvalue weighted by Crippen LogP contribution is -2.37. The van der Waals surface area contributed by atoms with Crippen LogP contribution in [0, 0.1) is 5.92 Å². The molecule has 4 heteroatoms. The van der Waals surface area contributed by atoms with Gasteiger partial charge in [0.25, 0.3) is 0 Å². The van der Waals surface area contributed by atoms with E-state index >= 15 is 0 Å². The maximum absolute atomic E-state index is 12.2. The monoisotopic (exact) mass is 260 g/mol. The maximum Gasteiger partial charge on any atom is 0.225 e. The zero-order valence-corrected chi connectivity index (χ0v) is 11.0. The minimum Gasteiger partial charge on any atom is -0.399 e. The summed E-state index contributed by atoms with van der Waals surface area (Å²) in [4.78, 5) is 12.2.